The molecule has 1 atom stereocenters. The number of allylic oxidation sites excluding steroid dienone is 8. The van der Waals surface area contributed by atoms with Crippen molar-refractivity contribution in [2.75, 3.05) is 19.8 Å². The summed E-state index contributed by atoms with van der Waals surface area (Å²) in [5, 5.41) is 9.47. The van der Waals surface area contributed by atoms with Gasteiger partial charge in [0, 0.05) is 13.0 Å². The Morgan fingerprint density at radius 1 is 0.641 bits per heavy atom. The van der Waals surface area contributed by atoms with Crippen LogP contribution in [0.15, 0.2) is 48.6 Å². The maximum Gasteiger partial charge on any atom is 0.306 e. The molecule has 4 nitrogen and oxygen atoms in total. The first-order chi connectivity index (χ1) is 19.2. The number of unbranched alkanes of at least 4 members (excludes halogenated alkanes) is 13. The molecule has 0 heterocycles. The molecule has 0 aliphatic heterocycles. The lowest BCUT2D eigenvalue weighted by Gasteiger charge is -2.15. The van der Waals surface area contributed by atoms with Crippen molar-refractivity contribution in [1.29, 1.82) is 0 Å². The summed E-state index contributed by atoms with van der Waals surface area (Å²) in [5.74, 6) is -0.215. The maximum atomic E-state index is 12.0. The third-order valence-corrected chi connectivity index (χ3v) is 6.67. The quantitative estimate of drug-likeness (QED) is 0.0576. The molecular weight excluding hydrogens is 484 g/mol. The largest absolute Gasteiger partial charge is 0.457 e. The molecule has 0 aliphatic rings. The van der Waals surface area contributed by atoms with Gasteiger partial charge in [0.1, 0.15) is 6.10 Å². The Hall–Kier alpha value is -1.65. The van der Waals surface area contributed by atoms with E-state index in [1.54, 1.807) is 0 Å². The molecule has 0 amide bonds. The van der Waals surface area contributed by atoms with Crippen molar-refractivity contribution in [1.82, 2.24) is 0 Å². The van der Waals surface area contributed by atoms with Crippen molar-refractivity contribution in [2.45, 2.75) is 148 Å². The summed E-state index contributed by atoms with van der Waals surface area (Å²) < 4.78 is 11.0. The molecule has 0 fully saturated rings. The predicted molar refractivity (Wildman–Crippen MR) is 168 cm³/mol. The number of hydrogen-bond acceptors (Lipinski definition) is 4. The molecule has 0 spiro atoms. The van der Waals surface area contributed by atoms with Crippen LogP contribution in [0.2, 0.25) is 0 Å². The minimum absolute atomic E-state index is 0.177. The molecule has 1 unspecified atom stereocenters. The SMILES string of the molecule is CC/C=C\C/C=C\C/C=C\C/C=C\CCCCCCCCCOCC(CO)OC(=O)CCCCCCCCC. The molecule has 0 bridgehead atoms. The normalized spacial score (nSPS) is 13.0. The van der Waals surface area contributed by atoms with E-state index in [0.717, 1.165) is 44.9 Å². The van der Waals surface area contributed by atoms with Crippen LogP contribution < -0.4 is 0 Å². The highest BCUT2D eigenvalue weighted by Crippen LogP contribution is 2.11. The zero-order valence-electron chi connectivity index (χ0n) is 25.6. The molecular formula is C35H62O4. The molecule has 0 saturated carbocycles. The summed E-state index contributed by atoms with van der Waals surface area (Å²) in [6, 6.07) is 0. The highest BCUT2D eigenvalue weighted by molar-refractivity contribution is 5.69. The van der Waals surface area contributed by atoms with Crippen LogP contribution >= 0.6 is 0 Å². The van der Waals surface area contributed by atoms with E-state index in [1.807, 2.05) is 0 Å². The lowest BCUT2D eigenvalue weighted by molar-refractivity contribution is -0.154. The topological polar surface area (TPSA) is 55.8 Å². The van der Waals surface area contributed by atoms with Gasteiger partial charge in [0.15, 0.2) is 0 Å². The summed E-state index contributed by atoms with van der Waals surface area (Å²) in [5.41, 5.74) is 0. The van der Waals surface area contributed by atoms with Crippen LogP contribution in [0.5, 0.6) is 0 Å². The van der Waals surface area contributed by atoms with E-state index in [4.69, 9.17) is 9.47 Å². The fraction of sp³-hybridized carbons (Fsp3) is 0.743. The van der Waals surface area contributed by atoms with Crippen LogP contribution in [0.4, 0.5) is 0 Å². The van der Waals surface area contributed by atoms with E-state index in [1.165, 1.54) is 77.0 Å². The van der Waals surface area contributed by atoms with E-state index in [-0.39, 0.29) is 19.2 Å². The van der Waals surface area contributed by atoms with Crippen LogP contribution in [-0.2, 0) is 14.3 Å². The summed E-state index contributed by atoms with van der Waals surface area (Å²) in [7, 11) is 0. The summed E-state index contributed by atoms with van der Waals surface area (Å²) in [4.78, 5) is 12.0. The smallest absolute Gasteiger partial charge is 0.306 e. The zero-order valence-corrected chi connectivity index (χ0v) is 25.6. The molecule has 4 heteroatoms. The number of esters is 1. The molecule has 1 N–H and O–H groups in total. The second-order valence-electron chi connectivity index (χ2n) is 10.5. The van der Waals surface area contributed by atoms with Gasteiger partial charge in [0.2, 0.25) is 0 Å². The first kappa shape index (κ1) is 37.4. The number of rotatable bonds is 29. The standard InChI is InChI=1S/C35H62O4/c1-3-5-7-9-11-12-13-14-15-16-17-18-19-20-21-22-23-25-27-29-31-38-33-34(32-36)39-35(37)30-28-26-24-10-8-6-4-2/h5,7,11-12,14-15,17-18,34,36H,3-4,6,8-10,13,16,19-33H2,1-2H3/b7-5-,12-11-,15-14-,18-17-. The number of ether oxygens (including phenoxy) is 2. The molecule has 226 valence electrons. The fourth-order valence-electron chi connectivity index (χ4n) is 4.26. The molecule has 0 aromatic rings. The van der Waals surface area contributed by atoms with Crippen molar-refractivity contribution in [3.63, 3.8) is 0 Å². The van der Waals surface area contributed by atoms with Crippen LogP contribution in [0.3, 0.4) is 0 Å². The average molecular weight is 547 g/mol. The molecule has 0 saturated heterocycles. The van der Waals surface area contributed by atoms with E-state index < -0.39 is 6.10 Å². The van der Waals surface area contributed by atoms with Gasteiger partial charge in [-0.05, 0) is 51.4 Å². The Labute approximate surface area is 242 Å². The highest BCUT2D eigenvalue weighted by atomic mass is 16.6. The first-order valence-electron chi connectivity index (χ1n) is 16.2. The summed E-state index contributed by atoms with van der Waals surface area (Å²) in [6.45, 7) is 5.16. The van der Waals surface area contributed by atoms with Crippen molar-refractivity contribution in [3.05, 3.63) is 48.6 Å². The van der Waals surface area contributed by atoms with Gasteiger partial charge in [-0.3, -0.25) is 4.79 Å². The third kappa shape index (κ3) is 30.7. The number of aliphatic hydroxyl groups excluding tert-OH is 1. The van der Waals surface area contributed by atoms with Crippen LogP contribution in [0.25, 0.3) is 0 Å². The Kier molecular flexibility index (Phi) is 31.2. The minimum Gasteiger partial charge on any atom is -0.457 e. The first-order valence-corrected chi connectivity index (χ1v) is 16.2. The van der Waals surface area contributed by atoms with Crippen LogP contribution in [0.1, 0.15) is 142 Å². The lowest BCUT2D eigenvalue weighted by Crippen LogP contribution is -2.27. The second-order valence-corrected chi connectivity index (χ2v) is 10.5. The Balaban J connectivity index is 3.47. The highest BCUT2D eigenvalue weighted by Gasteiger charge is 2.13. The number of aliphatic hydroxyl groups is 1. The van der Waals surface area contributed by atoms with Crippen molar-refractivity contribution < 1.29 is 19.4 Å². The fourth-order valence-corrected chi connectivity index (χ4v) is 4.26. The van der Waals surface area contributed by atoms with Gasteiger partial charge in [-0.25, -0.2) is 0 Å². The molecule has 0 aliphatic carbocycles. The van der Waals surface area contributed by atoms with Crippen LogP contribution in [-0.4, -0.2) is 37.0 Å². The molecule has 39 heavy (non-hydrogen) atoms. The summed E-state index contributed by atoms with van der Waals surface area (Å²) >= 11 is 0. The van der Waals surface area contributed by atoms with Gasteiger partial charge in [-0.15, -0.1) is 0 Å². The Morgan fingerprint density at radius 3 is 1.74 bits per heavy atom. The van der Waals surface area contributed by atoms with E-state index in [2.05, 4.69) is 62.5 Å². The predicted octanol–water partition coefficient (Wildman–Crippen LogP) is 9.97. The van der Waals surface area contributed by atoms with Gasteiger partial charge in [0.25, 0.3) is 0 Å². The number of hydrogen-bond donors (Lipinski definition) is 1. The molecule has 0 radical (unpaired) electrons. The van der Waals surface area contributed by atoms with Crippen molar-refractivity contribution in [3.8, 4) is 0 Å². The van der Waals surface area contributed by atoms with E-state index >= 15 is 0 Å². The van der Waals surface area contributed by atoms with Gasteiger partial charge in [-0.1, -0.05) is 133 Å². The number of carbonyl (C=O) groups is 1. The molecule has 0 rings (SSSR count). The molecule has 0 aromatic heterocycles. The Morgan fingerprint density at radius 2 is 1.15 bits per heavy atom. The number of carbonyl (C=O) groups excluding carboxylic acids is 1. The molecule has 0 aromatic carbocycles. The second kappa shape index (κ2) is 32.6. The zero-order chi connectivity index (χ0) is 28.5. The third-order valence-electron chi connectivity index (χ3n) is 6.67. The van der Waals surface area contributed by atoms with Gasteiger partial charge in [0.05, 0.1) is 13.2 Å². The lowest BCUT2D eigenvalue weighted by atomic mass is 10.1. The monoisotopic (exact) mass is 546 g/mol. The van der Waals surface area contributed by atoms with Crippen LogP contribution in [0, 0.1) is 0 Å². The van der Waals surface area contributed by atoms with Crippen molar-refractivity contribution in [2.24, 2.45) is 0 Å². The van der Waals surface area contributed by atoms with Gasteiger partial charge >= 0.3 is 5.97 Å². The maximum absolute atomic E-state index is 12.0. The minimum atomic E-state index is -0.535. The van der Waals surface area contributed by atoms with E-state index in [9.17, 15) is 9.90 Å². The Bertz CT molecular complexity index is 620. The van der Waals surface area contributed by atoms with Gasteiger partial charge < -0.3 is 14.6 Å². The van der Waals surface area contributed by atoms with E-state index in [0.29, 0.717) is 13.0 Å². The summed E-state index contributed by atoms with van der Waals surface area (Å²) in [6.07, 6.45) is 40.1. The van der Waals surface area contributed by atoms with Crippen molar-refractivity contribution >= 4 is 5.97 Å². The van der Waals surface area contributed by atoms with Gasteiger partial charge in [-0.2, -0.15) is 0 Å². The average Bonchev–Trinajstić information content (AvgIpc) is 2.94.